The maximum atomic E-state index is 4.50. The van der Waals surface area contributed by atoms with Crippen LogP contribution in [0.3, 0.4) is 0 Å². The summed E-state index contributed by atoms with van der Waals surface area (Å²) in [6, 6.07) is 2.03. The molecule has 2 aromatic heterocycles. The van der Waals surface area contributed by atoms with Gasteiger partial charge in [0.1, 0.15) is 11.5 Å². The first kappa shape index (κ1) is 10.1. The van der Waals surface area contributed by atoms with E-state index in [-0.39, 0.29) is 0 Å². The largest absolute Gasteiger partial charge is 0.346 e. The minimum absolute atomic E-state index is 0.631. The molecule has 1 aliphatic rings. The first-order valence-corrected chi connectivity index (χ1v) is 5.66. The lowest BCUT2D eigenvalue weighted by molar-refractivity contribution is 0.925. The topological polar surface area (TPSA) is 41.6 Å². The normalized spacial score (nSPS) is 14.9. The van der Waals surface area contributed by atoms with E-state index in [4.69, 9.17) is 0 Å². The number of nitrogens with zero attached hydrogens (tertiary/aromatic N) is 2. The van der Waals surface area contributed by atoms with E-state index in [1.54, 1.807) is 0 Å². The van der Waals surface area contributed by atoms with E-state index in [1.807, 2.05) is 33.0 Å². The lowest BCUT2D eigenvalue weighted by Gasteiger charge is -1.99. The summed E-state index contributed by atoms with van der Waals surface area (Å²) >= 11 is 0. The molecule has 0 unspecified atom stereocenters. The van der Waals surface area contributed by atoms with Crippen molar-refractivity contribution in [3.05, 3.63) is 23.8 Å². The second kappa shape index (κ2) is 4.01. The Morgan fingerprint density at radius 2 is 2.00 bits per heavy atom. The number of aromatic amines is 1. The number of hydrogen-bond donors (Lipinski definition) is 1. The zero-order valence-corrected chi connectivity index (χ0v) is 9.54. The van der Waals surface area contributed by atoms with Gasteiger partial charge >= 0.3 is 0 Å². The monoisotopic (exact) mass is 203 g/mol. The van der Waals surface area contributed by atoms with E-state index < -0.39 is 0 Å². The van der Waals surface area contributed by atoms with Gasteiger partial charge in [0.15, 0.2) is 0 Å². The van der Waals surface area contributed by atoms with Crippen LogP contribution in [0.2, 0.25) is 0 Å². The molecule has 0 aromatic carbocycles. The third kappa shape index (κ3) is 1.87. The summed E-state index contributed by atoms with van der Waals surface area (Å²) in [4.78, 5) is 12.1. The van der Waals surface area contributed by atoms with Crippen LogP contribution in [0, 0.1) is 6.92 Å². The van der Waals surface area contributed by atoms with Crippen LogP contribution in [0.15, 0.2) is 12.3 Å². The molecule has 15 heavy (non-hydrogen) atoms. The molecule has 0 radical (unpaired) electrons. The van der Waals surface area contributed by atoms with Crippen molar-refractivity contribution in [3.63, 3.8) is 0 Å². The summed E-state index contributed by atoms with van der Waals surface area (Å²) in [5.74, 6) is 1.65. The first-order valence-electron chi connectivity index (χ1n) is 5.66. The van der Waals surface area contributed by atoms with Crippen LogP contribution < -0.4 is 0 Å². The summed E-state index contributed by atoms with van der Waals surface area (Å²) in [5.41, 5.74) is 2.07. The summed E-state index contributed by atoms with van der Waals surface area (Å²) < 4.78 is 0. The van der Waals surface area contributed by atoms with Crippen molar-refractivity contribution in [2.24, 2.45) is 0 Å². The average molecular weight is 203 g/mol. The van der Waals surface area contributed by atoms with E-state index in [2.05, 4.69) is 15.0 Å². The zero-order chi connectivity index (χ0) is 10.8. The minimum atomic E-state index is 0.631. The van der Waals surface area contributed by atoms with Gasteiger partial charge in [0.05, 0.1) is 5.69 Å². The fraction of sp³-hybridized carbons (Fsp3) is 0.500. The van der Waals surface area contributed by atoms with Gasteiger partial charge in [-0.15, -0.1) is 0 Å². The molecule has 3 rings (SSSR count). The van der Waals surface area contributed by atoms with Crippen LogP contribution in [-0.2, 0) is 0 Å². The molecule has 0 bridgehead atoms. The molecule has 0 amide bonds. The predicted molar refractivity (Wildman–Crippen MR) is 61.9 cm³/mol. The van der Waals surface area contributed by atoms with E-state index >= 15 is 0 Å². The molecule has 2 heterocycles. The molecule has 1 aliphatic carbocycles. The Kier molecular flexibility index (Phi) is 2.71. The third-order valence-corrected chi connectivity index (χ3v) is 2.57. The second-order valence-corrected chi connectivity index (χ2v) is 3.68. The highest BCUT2D eigenvalue weighted by Crippen LogP contribution is 2.38. The Bertz CT molecular complexity index is 455. The van der Waals surface area contributed by atoms with Gasteiger partial charge in [-0.25, -0.2) is 9.97 Å². The average Bonchev–Trinajstić information content (AvgIpc) is 3.00. The van der Waals surface area contributed by atoms with Crippen LogP contribution in [0.4, 0.5) is 0 Å². The SMILES string of the molecule is CC.Cc1nc(C2CC2)nc2[nH]ccc12. The number of aromatic nitrogens is 3. The second-order valence-electron chi connectivity index (χ2n) is 3.68. The van der Waals surface area contributed by atoms with Crippen LogP contribution in [0.5, 0.6) is 0 Å². The van der Waals surface area contributed by atoms with Gasteiger partial charge in [0, 0.05) is 17.5 Å². The van der Waals surface area contributed by atoms with Gasteiger partial charge in [-0.3, -0.25) is 0 Å². The van der Waals surface area contributed by atoms with Crippen LogP contribution in [-0.4, -0.2) is 15.0 Å². The molecule has 0 aliphatic heterocycles. The third-order valence-electron chi connectivity index (χ3n) is 2.57. The van der Waals surface area contributed by atoms with E-state index in [0.29, 0.717) is 5.92 Å². The predicted octanol–water partition coefficient (Wildman–Crippen LogP) is 3.17. The van der Waals surface area contributed by atoms with Crippen molar-refractivity contribution in [1.29, 1.82) is 0 Å². The molecule has 3 heteroatoms. The number of hydrogen-bond acceptors (Lipinski definition) is 2. The highest BCUT2D eigenvalue weighted by molar-refractivity contribution is 5.77. The quantitative estimate of drug-likeness (QED) is 0.773. The fourth-order valence-corrected chi connectivity index (χ4v) is 1.64. The maximum Gasteiger partial charge on any atom is 0.141 e. The van der Waals surface area contributed by atoms with Gasteiger partial charge in [-0.05, 0) is 25.8 Å². The highest BCUT2D eigenvalue weighted by Gasteiger charge is 2.27. The maximum absolute atomic E-state index is 4.50. The Morgan fingerprint density at radius 3 is 2.67 bits per heavy atom. The van der Waals surface area contributed by atoms with Gasteiger partial charge in [-0.1, -0.05) is 13.8 Å². The summed E-state index contributed by atoms with van der Waals surface area (Å²) in [7, 11) is 0. The van der Waals surface area contributed by atoms with E-state index in [0.717, 1.165) is 22.6 Å². The zero-order valence-electron chi connectivity index (χ0n) is 9.54. The Morgan fingerprint density at radius 1 is 1.27 bits per heavy atom. The molecule has 80 valence electrons. The molecular formula is C12H17N3. The van der Waals surface area contributed by atoms with Gasteiger partial charge in [-0.2, -0.15) is 0 Å². The first-order chi connectivity index (χ1) is 7.34. The van der Waals surface area contributed by atoms with Crippen molar-refractivity contribution < 1.29 is 0 Å². The van der Waals surface area contributed by atoms with Gasteiger partial charge < -0.3 is 4.98 Å². The van der Waals surface area contributed by atoms with Crippen LogP contribution in [0.25, 0.3) is 11.0 Å². The summed E-state index contributed by atoms with van der Waals surface area (Å²) in [6.07, 6.45) is 4.43. The molecule has 1 fully saturated rings. The van der Waals surface area contributed by atoms with Crippen molar-refractivity contribution in [1.82, 2.24) is 15.0 Å². The molecule has 0 spiro atoms. The van der Waals surface area contributed by atoms with Crippen LogP contribution in [0.1, 0.15) is 44.1 Å². The molecular weight excluding hydrogens is 186 g/mol. The number of fused-ring (bicyclic) bond motifs is 1. The molecule has 3 nitrogen and oxygen atoms in total. The highest BCUT2D eigenvalue weighted by atomic mass is 15.0. The molecule has 1 saturated carbocycles. The molecule has 0 saturated heterocycles. The fourth-order valence-electron chi connectivity index (χ4n) is 1.64. The van der Waals surface area contributed by atoms with Crippen molar-refractivity contribution in [2.75, 3.05) is 0 Å². The standard InChI is InChI=1S/C10H11N3.C2H6/c1-6-8-4-5-11-10(8)13-9(12-6)7-2-3-7;1-2/h4-5,7H,2-3H2,1H3,(H,11,12,13);1-2H3. The number of rotatable bonds is 1. The summed E-state index contributed by atoms with van der Waals surface area (Å²) in [6.45, 7) is 6.05. The molecule has 1 N–H and O–H groups in total. The number of nitrogens with one attached hydrogen (secondary N) is 1. The van der Waals surface area contributed by atoms with E-state index in [9.17, 15) is 0 Å². The van der Waals surface area contributed by atoms with Gasteiger partial charge in [0.2, 0.25) is 0 Å². The molecule has 0 atom stereocenters. The minimum Gasteiger partial charge on any atom is -0.346 e. The Hall–Kier alpha value is -1.38. The Labute approximate surface area is 90.0 Å². The van der Waals surface area contributed by atoms with Gasteiger partial charge in [0.25, 0.3) is 0 Å². The summed E-state index contributed by atoms with van der Waals surface area (Å²) in [5, 5.41) is 1.14. The Balaban J connectivity index is 0.000000404. The van der Waals surface area contributed by atoms with Crippen molar-refractivity contribution >= 4 is 11.0 Å². The molecule has 2 aromatic rings. The van der Waals surface area contributed by atoms with Crippen molar-refractivity contribution in [2.45, 2.75) is 39.5 Å². The lowest BCUT2D eigenvalue weighted by atomic mass is 10.3. The number of H-pyrrole nitrogens is 1. The smallest absolute Gasteiger partial charge is 0.141 e. The van der Waals surface area contributed by atoms with Crippen LogP contribution >= 0.6 is 0 Å². The van der Waals surface area contributed by atoms with E-state index in [1.165, 1.54) is 12.8 Å². The van der Waals surface area contributed by atoms with Crippen molar-refractivity contribution in [3.8, 4) is 0 Å². The lowest BCUT2D eigenvalue weighted by Crippen LogP contribution is -1.95. The number of aryl methyl sites for hydroxylation is 1.